The molecule has 1 heterocycles. The zero-order valence-electron chi connectivity index (χ0n) is 12.6. The maximum Gasteiger partial charge on any atom is 0.177 e. The molecule has 0 radical (unpaired) electrons. The summed E-state index contributed by atoms with van der Waals surface area (Å²) in [5.41, 5.74) is 6.44. The van der Waals surface area contributed by atoms with Gasteiger partial charge in [-0.3, -0.25) is 4.79 Å². The van der Waals surface area contributed by atoms with Crippen molar-refractivity contribution >= 4 is 27.8 Å². The summed E-state index contributed by atoms with van der Waals surface area (Å²) in [5, 5.41) is 4.09. The molecule has 0 fully saturated rings. The predicted molar refractivity (Wildman–Crippen MR) is 84.1 cm³/mol. The molecule has 0 aromatic carbocycles. The highest BCUT2D eigenvalue weighted by molar-refractivity contribution is 7.19. The topological polar surface area (TPSA) is 73.6 Å². The van der Waals surface area contributed by atoms with Crippen LogP contribution in [0.25, 0.3) is 0 Å². The van der Waals surface area contributed by atoms with Crippen LogP contribution in [0.15, 0.2) is 0 Å². The normalized spacial score (nSPS) is 10.8. The van der Waals surface area contributed by atoms with Gasteiger partial charge in [0.2, 0.25) is 0 Å². The minimum atomic E-state index is -0.0385. The number of nitrogen functional groups attached to an aromatic ring is 1. The van der Waals surface area contributed by atoms with Crippen LogP contribution in [0.1, 0.15) is 43.8 Å². The maximum absolute atomic E-state index is 11.6. The van der Waals surface area contributed by atoms with Crippen LogP contribution in [0.5, 0.6) is 5.75 Å². The molecule has 0 atom stereocenters. The summed E-state index contributed by atoms with van der Waals surface area (Å²) < 4.78 is 11.0. The number of hydrogen-bond acceptors (Lipinski definition) is 6. The van der Waals surface area contributed by atoms with Gasteiger partial charge in [0.15, 0.2) is 11.5 Å². The van der Waals surface area contributed by atoms with E-state index < -0.39 is 0 Å². The van der Waals surface area contributed by atoms with Crippen molar-refractivity contribution in [3.63, 3.8) is 0 Å². The maximum atomic E-state index is 11.6. The highest BCUT2D eigenvalue weighted by atomic mass is 32.1. The lowest BCUT2D eigenvalue weighted by Gasteiger charge is -2.12. The molecular formula is C14H24N2O3S. The molecule has 0 aliphatic rings. The second-order valence-electron chi connectivity index (χ2n) is 4.70. The van der Waals surface area contributed by atoms with Gasteiger partial charge in [-0.25, -0.2) is 0 Å². The number of rotatable bonds is 9. The van der Waals surface area contributed by atoms with E-state index in [-0.39, 0.29) is 11.9 Å². The van der Waals surface area contributed by atoms with Crippen molar-refractivity contribution in [1.29, 1.82) is 0 Å². The SMILES string of the molecule is CCOCCCNc1sc(C(C)=O)c(N)c1OC(C)C. The number of nitrogens with one attached hydrogen (secondary N) is 1. The molecular weight excluding hydrogens is 276 g/mol. The van der Waals surface area contributed by atoms with Gasteiger partial charge < -0.3 is 20.5 Å². The summed E-state index contributed by atoms with van der Waals surface area (Å²) in [6.07, 6.45) is 0.901. The lowest BCUT2D eigenvalue weighted by molar-refractivity contribution is 0.102. The number of Topliss-reactive ketones (excluding diaryl/α,β-unsaturated/α-hetero) is 1. The van der Waals surface area contributed by atoms with Gasteiger partial charge in [0.25, 0.3) is 0 Å². The Morgan fingerprint density at radius 1 is 1.45 bits per heavy atom. The third kappa shape index (κ3) is 4.68. The van der Waals surface area contributed by atoms with Crippen molar-refractivity contribution in [3.05, 3.63) is 4.88 Å². The van der Waals surface area contributed by atoms with Gasteiger partial charge in [0.1, 0.15) is 5.00 Å². The van der Waals surface area contributed by atoms with Crippen molar-refractivity contribution < 1.29 is 14.3 Å². The van der Waals surface area contributed by atoms with Crippen LogP contribution >= 0.6 is 11.3 Å². The fourth-order valence-electron chi connectivity index (χ4n) is 1.68. The number of hydrogen-bond donors (Lipinski definition) is 2. The van der Waals surface area contributed by atoms with Gasteiger partial charge in [0.05, 0.1) is 16.7 Å². The van der Waals surface area contributed by atoms with E-state index in [4.69, 9.17) is 15.2 Å². The molecule has 1 aromatic rings. The number of thiophene rings is 1. The minimum absolute atomic E-state index is 0.00989. The third-order valence-electron chi connectivity index (χ3n) is 2.53. The van der Waals surface area contributed by atoms with Gasteiger partial charge >= 0.3 is 0 Å². The summed E-state index contributed by atoms with van der Waals surface area (Å²) in [5.74, 6) is 0.551. The lowest BCUT2D eigenvalue weighted by atomic mass is 10.3. The summed E-state index contributed by atoms with van der Waals surface area (Å²) in [7, 11) is 0. The average Bonchev–Trinajstić information content (AvgIpc) is 2.67. The van der Waals surface area contributed by atoms with Crippen molar-refractivity contribution in [2.24, 2.45) is 0 Å². The summed E-state index contributed by atoms with van der Waals surface area (Å²) in [6.45, 7) is 9.55. The lowest BCUT2D eigenvalue weighted by Crippen LogP contribution is -2.10. The molecule has 1 aromatic heterocycles. The van der Waals surface area contributed by atoms with E-state index in [0.29, 0.717) is 22.9 Å². The summed E-state index contributed by atoms with van der Waals surface area (Å²) in [6, 6.07) is 0. The number of ether oxygens (including phenoxy) is 2. The van der Waals surface area contributed by atoms with Crippen LogP contribution in [0.2, 0.25) is 0 Å². The molecule has 1 rings (SSSR count). The molecule has 114 valence electrons. The first kappa shape index (κ1) is 16.8. The number of carbonyl (C=O) groups is 1. The quantitative estimate of drug-likeness (QED) is 0.541. The molecule has 0 spiro atoms. The van der Waals surface area contributed by atoms with E-state index in [0.717, 1.165) is 24.6 Å². The van der Waals surface area contributed by atoms with E-state index >= 15 is 0 Å². The molecule has 0 amide bonds. The highest BCUT2D eigenvalue weighted by Gasteiger charge is 2.20. The van der Waals surface area contributed by atoms with E-state index in [1.54, 1.807) is 0 Å². The standard InChI is InChI=1S/C14H24N2O3S/c1-5-18-8-6-7-16-14-12(19-9(2)3)11(15)13(20-14)10(4)17/h9,16H,5-8,15H2,1-4H3. The monoisotopic (exact) mass is 300 g/mol. The van der Waals surface area contributed by atoms with Crippen molar-refractivity contribution in [1.82, 2.24) is 0 Å². The van der Waals surface area contributed by atoms with Gasteiger partial charge in [-0.15, -0.1) is 11.3 Å². The van der Waals surface area contributed by atoms with Gasteiger partial charge in [-0.05, 0) is 27.2 Å². The Morgan fingerprint density at radius 3 is 2.70 bits per heavy atom. The van der Waals surface area contributed by atoms with Crippen LogP contribution < -0.4 is 15.8 Å². The zero-order valence-corrected chi connectivity index (χ0v) is 13.4. The molecule has 20 heavy (non-hydrogen) atoms. The molecule has 0 saturated heterocycles. The van der Waals surface area contributed by atoms with Crippen molar-refractivity contribution in [3.8, 4) is 5.75 Å². The fraction of sp³-hybridized carbons (Fsp3) is 0.643. The van der Waals surface area contributed by atoms with E-state index in [1.165, 1.54) is 18.3 Å². The number of anilines is 2. The molecule has 5 nitrogen and oxygen atoms in total. The first-order valence-corrected chi connectivity index (χ1v) is 7.70. The van der Waals surface area contributed by atoms with E-state index in [1.807, 2.05) is 20.8 Å². The third-order valence-corrected chi connectivity index (χ3v) is 3.77. The van der Waals surface area contributed by atoms with Crippen molar-refractivity contribution in [2.75, 3.05) is 30.8 Å². The molecule has 0 aliphatic carbocycles. The molecule has 3 N–H and O–H groups in total. The fourth-order valence-corrected chi connectivity index (χ4v) is 2.66. The average molecular weight is 300 g/mol. The second kappa shape index (κ2) is 8.11. The van der Waals surface area contributed by atoms with Crippen molar-refractivity contribution in [2.45, 2.75) is 40.2 Å². The Morgan fingerprint density at radius 2 is 2.15 bits per heavy atom. The molecule has 6 heteroatoms. The second-order valence-corrected chi connectivity index (χ2v) is 5.72. The van der Waals surface area contributed by atoms with Gasteiger partial charge in [-0.1, -0.05) is 0 Å². The van der Waals surface area contributed by atoms with Gasteiger partial charge in [-0.2, -0.15) is 0 Å². The zero-order chi connectivity index (χ0) is 15.1. The Hall–Kier alpha value is -1.27. The summed E-state index contributed by atoms with van der Waals surface area (Å²) >= 11 is 1.35. The Kier molecular flexibility index (Phi) is 6.81. The Bertz CT molecular complexity index is 444. The molecule has 0 aliphatic heterocycles. The van der Waals surface area contributed by atoms with E-state index in [9.17, 15) is 4.79 Å². The Labute approximate surface area is 124 Å². The molecule has 0 bridgehead atoms. The summed E-state index contributed by atoms with van der Waals surface area (Å²) in [4.78, 5) is 12.1. The van der Waals surface area contributed by atoms with Crippen LogP contribution in [-0.4, -0.2) is 31.6 Å². The largest absolute Gasteiger partial charge is 0.486 e. The first-order valence-electron chi connectivity index (χ1n) is 6.88. The van der Waals surface area contributed by atoms with E-state index in [2.05, 4.69) is 5.32 Å². The van der Waals surface area contributed by atoms with Crippen LogP contribution in [-0.2, 0) is 4.74 Å². The number of carbonyl (C=O) groups excluding carboxylic acids is 1. The van der Waals surface area contributed by atoms with Gasteiger partial charge in [0, 0.05) is 26.7 Å². The van der Waals surface area contributed by atoms with Crippen LogP contribution in [0.3, 0.4) is 0 Å². The smallest absolute Gasteiger partial charge is 0.177 e. The molecule has 0 unspecified atom stereocenters. The molecule has 0 saturated carbocycles. The van der Waals surface area contributed by atoms with Crippen LogP contribution in [0.4, 0.5) is 10.7 Å². The first-order chi connectivity index (χ1) is 9.47. The predicted octanol–water partition coefficient (Wildman–Crippen LogP) is 3.16. The van der Waals surface area contributed by atoms with Crippen LogP contribution in [0, 0.1) is 0 Å². The minimum Gasteiger partial charge on any atom is -0.486 e. The highest BCUT2D eigenvalue weighted by Crippen LogP contribution is 2.43. The number of nitrogens with two attached hydrogens (primary N) is 1. The number of ketones is 1. The Balaban J connectivity index is 2.76.